The molecule has 2 aromatic carbocycles. The first-order valence-electron chi connectivity index (χ1n) is 7.38. The molecule has 0 saturated heterocycles. The average Bonchev–Trinajstić information content (AvgIpc) is 3.09. The third kappa shape index (κ3) is 5.09. The Hall–Kier alpha value is -3.31. The van der Waals surface area contributed by atoms with Gasteiger partial charge in [0, 0.05) is 0 Å². The zero-order valence-electron chi connectivity index (χ0n) is 13.1. The Morgan fingerprint density at radius 2 is 2.04 bits per heavy atom. The molecule has 0 spiro atoms. The number of hydrogen-bond acceptors (Lipinski definition) is 7. The summed E-state index contributed by atoms with van der Waals surface area (Å²) in [6.07, 6.45) is 1.66. The zero-order chi connectivity index (χ0) is 17.3. The van der Waals surface area contributed by atoms with E-state index in [1.807, 2.05) is 60.7 Å². The summed E-state index contributed by atoms with van der Waals surface area (Å²) in [4.78, 5) is 4.15. The van der Waals surface area contributed by atoms with Gasteiger partial charge < -0.3 is 4.74 Å². The summed E-state index contributed by atoms with van der Waals surface area (Å²) in [6.45, 7) is 0. The highest BCUT2D eigenvalue weighted by Gasteiger charge is 2.02. The van der Waals surface area contributed by atoms with Crippen molar-refractivity contribution in [2.24, 2.45) is 5.10 Å². The predicted octanol–water partition coefficient (Wildman–Crippen LogP) is 3.66. The van der Waals surface area contributed by atoms with Gasteiger partial charge in [-0.2, -0.15) is 15.3 Å². The molecule has 3 rings (SSSR count). The second kappa shape index (κ2) is 8.52. The molecule has 0 atom stereocenters. The number of para-hydroxylation sites is 1. The van der Waals surface area contributed by atoms with Crippen LogP contribution in [0.4, 0.5) is 5.95 Å². The van der Waals surface area contributed by atoms with Crippen molar-refractivity contribution < 1.29 is 4.74 Å². The van der Waals surface area contributed by atoms with E-state index in [1.54, 1.807) is 6.21 Å². The third-order valence-corrected chi connectivity index (χ3v) is 3.67. The Balaban J connectivity index is 1.59. The van der Waals surface area contributed by atoms with Crippen molar-refractivity contribution >= 4 is 23.9 Å². The maximum Gasteiger partial charge on any atom is 0.240 e. The van der Waals surface area contributed by atoms with E-state index in [9.17, 15) is 0 Å². The van der Waals surface area contributed by atoms with Crippen LogP contribution >= 0.6 is 11.8 Å². The molecule has 3 aromatic rings. The summed E-state index contributed by atoms with van der Waals surface area (Å²) in [5, 5.41) is 19.8. The van der Waals surface area contributed by atoms with Gasteiger partial charge in [-0.25, -0.2) is 10.5 Å². The number of nitrogens with one attached hydrogen (secondary N) is 2. The Labute approximate surface area is 148 Å². The highest BCUT2D eigenvalue weighted by molar-refractivity contribution is 7.99. The van der Waals surface area contributed by atoms with E-state index in [2.05, 4.69) is 25.7 Å². The number of nitriles is 1. The van der Waals surface area contributed by atoms with Crippen molar-refractivity contribution in [2.45, 2.75) is 5.16 Å². The highest BCUT2D eigenvalue weighted by atomic mass is 32.2. The van der Waals surface area contributed by atoms with E-state index in [1.165, 1.54) is 11.8 Å². The van der Waals surface area contributed by atoms with Gasteiger partial charge in [0.05, 0.1) is 18.0 Å². The van der Waals surface area contributed by atoms with Crippen LogP contribution in [0.1, 0.15) is 5.56 Å². The maximum atomic E-state index is 8.53. The fourth-order valence-electron chi connectivity index (χ4n) is 1.91. The van der Waals surface area contributed by atoms with E-state index in [-0.39, 0.29) is 0 Å². The summed E-state index contributed by atoms with van der Waals surface area (Å²) >= 11 is 1.25. The number of rotatable bonds is 7. The predicted molar refractivity (Wildman–Crippen MR) is 96.9 cm³/mol. The van der Waals surface area contributed by atoms with E-state index < -0.39 is 0 Å². The summed E-state index contributed by atoms with van der Waals surface area (Å²) in [7, 11) is 0. The van der Waals surface area contributed by atoms with Gasteiger partial charge >= 0.3 is 0 Å². The van der Waals surface area contributed by atoms with E-state index in [0.29, 0.717) is 16.9 Å². The number of aromatic amines is 1. The lowest BCUT2D eigenvalue weighted by Gasteiger charge is -2.05. The van der Waals surface area contributed by atoms with Gasteiger partial charge in [0.15, 0.2) is 0 Å². The van der Waals surface area contributed by atoms with Crippen LogP contribution < -0.4 is 10.2 Å². The number of benzene rings is 2. The van der Waals surface area contributed by atoms with Crippen LogP contribution in [0.3, 0.4) is 0 Å². The van der Waals surface area contributed by atoms with Crippen molar-refractivity contribution in [3.8, 4) is 17.6 Å². The van der Waals surface area contributed by atoms with E-state index in [0.717, 1.165) is 17.1 Å². The minimum absolute atomic E-state index is 0.300. The lowest BCUT2D eigenvalue weighted by molar-refractivity contribution is 0.482. The van der Waals surface area contributed by atoms with Gasteiger partial charge in [0.1, 0.15) is 11.5 Å². The van der Waals surface area contributed by atoms with Crippen molar-refractivity contribution in [2.75, 3.05) is 11.2 Å². The van der Waals surface area contributed by atoms with Crippen molar-refractivity contribution in [1.82, 2.24) is 15.2 Å². The Kier molecular flexibility index (Phi) is 5.64. The molecule has 0 saturated carbocycles. The molecule has 0 aliphatic carbocycles. The summed E-state index contributed by atoms with van der Waals surface area (Å²) in [6, 6.07) is 19.2. The molecular weight excluding hydrogens is 336 g/mol. The van der Waals surface area contributed by atoms with Gasteiger partial charge in [-0.05, 0) is 29.8 Å². The van der Waals surface area contributed by atoms with Crippen LogP contribution in [-0.2, 0) is 0 Å². The summed E-state index contributed by atoms with van der Waals surface area (Å²) in [5.74, 6) is 2.21. The molecule has 7 nitrogen and oxygen atoms in total. The number of ether oxygens (including phenoxy) is 1. The third-order valence-electron chi connectivity index (χ3n) is 2.95. The van der Waals surface area contributed by atoms with Crippen molar-refractivity contribution in [3.05, 3.63) is 60.2 Å². The number of hydrogen-bond donors (Lipinski definition) is 2. The molecule has 0 fully saturated rings. The van der Waals surface area contributed by atoms with Gasteiger partial charge in [0.25, 0.3) is 0 Å². The van der Waals surface area contributed by atoms with Gasteiger partial charge in [-0.3, -0.25) is 0 Å². The van der Waals surface area contributed by atoms with Crippen LogP contribution in [0.15, 0.2) is 64.9 Å². The molecule has 1 aromatic heterocycles. The van der Waals surface area contributed by atoms with Crippen LogP contribution in [0.25, 0.3) is 0 Å². The van der Waals surface area contributed by atoms with Crippen molar-refractivity contribution in [1.29, 1.82) is 5.26 Å². The normalized spacial score (nSPS) is 10.5. The quantitative estimate of drug-likeness (QED) is 0.383. The minimum atomic E-state index is 0.300. The van der Waals surface area contributed by atoms with Crippen LogP contribution in [0.2, 0.25) is 0 Å². The molecule has 1 heterocycles. The standard InChI is InChI=1S/C17H14N6OS/c18-9-10-25-17-20-16(22-23-17)21-19-12-13-5-4-8-15(11-13)24-14-6-2-1-3-7-14/h1-8,11-12H,10H2,(H2,20,21,22,23)/b19-12-. The number of aromatic nitrogens is 3. The minimum Gasteiger partial charge on any atom is -0.457 e. The smallest absolute Gasteiger partial charge is 0.240 e. The number of thioether (sulfide) groups is 1. The zero-order valence-corrected chi connectivity index (χ0v) is 13.9. The number of nitrogens with zero attached hydrogens (tertiary/aromatic N) is 4. The van der Waals surface area contributed by atoms with Crippen LogP contribution in [0, 0.1) is 11.3 Å². The lowest BCUT2D eigenvalue weighted by atomic mass is 10.2. The fraction of sp³-hybridized carbons (Fsp3) is 0.0588. The molecular formula is C17H14N6OS. The molecule has 0 aliphatic heterocycles. The summed E-state index contributed by atoms with van der Waals surface area (Å²) in [5.41, 5.74) is 3.64. The molecule has 0 bridgehead atoms. The highest BCUT2D eigenvalue weighted by Crippen LogP contribution is 2.21. The molecule has 8 heteroatoms. The molecule has 124 valence electrons. The van der Waals surface area contributed by atoms with Gasteiger partial charge in [-0.15, -0.1) is 5.10 Å². The number of H-pyrrole nitrogens is 1. The molecule has 0 aliphatic rings. The second-order valence-electron chi connectivity index (χ2n) is 4.77. The largest absolute Gasteiger partial charge is 0.457 e. The topological polar surface area (TPSA) is 99.0 Å². The molecule has 2 N–H and O–H groups in total. The molecule has 25 heavy (non-hydrogen) atoms. The van der Waals surface area contributed by atoms with E-state index >= 15 is 0 Å². The molecule has 0 unspecified atom stereocenters. The number of hydrazone groups is 1. The van der Waals surface area contributed by atoms with Crippen molar-refractivity contribution in [3.63, 3.8) is 0 Å². The Morgan fingerprint density at radius 3 is 2.88 bits per heavy atom. The van der Waals surface area contributed by atoms with E-state index in [4.69, 9.17) is 10.00 Å². The van der Waals surface area contributed by atoms with Crippen LogP contribution in [0.5, 0.6) is 11.5 Å². The second-order valence-corrected chi connectivity index (χ2v) is 5.71. The molecule has 0 amide bonds. The first kappa shape index (κ1) is 16.5. The Bertz CT molecular complexity index is 887. The monoisotopic (exact) mass is 350 g/mol. The average molecular weight is 350 g/mol. The SMILES string of the molecule is N#CCSc1n[nH]c(N/N=C\c2cccc(Oc3ccccc3)c2)n1. The van der Waals surface area contributed by atoms with Crippen LogP contribution in [-0.4, -0.2) is 27.1 Å². The lowest BCUT2D eigenvalue weighted by Crippen LogP contribution is -1.93. The summed E-state index contributed by atoms with van der Waals surface area (Å²) < 4.78 is 5.78. The Morgan fingerprint density at radius 1 is 1.20 bits per heavy atom. The molecule has 0 radical (unpaired) electrons. The van der Waals surface area contributed by atoms with Gasteiger partial charge in [-0.1, -0.05) is 42.1 Å². The fourth-order valence-corrected chi connectivity index (χ4v) is 2.37. The first-order chi connectivity index (χ1) is 12.3. The number of anilines is 1. The first-order valence-corrected chi connectivity index (χ1v) is 8.36. The van der Waals surface area contributed by atoms with Gasteiger partial charge in [0.2, 0.25) is 11.1 Å². The maximum absolute atomic E-state index is 8.53.